The molecule has 0 fully saturated rings. The molecule has 0 radical (unpaired) electrons. The van der Waals surface area contributed by atoms with E-state index < -0.39 is 0 Å². The smallest absolute Gasteiger partial charge is 0.162 e. The number of fused-ring (bicyclic) bond motifs is 9. The molecular weight excluding hydrogens is 611 g/mol. The Morgan fingerprint density at radius 2 is 1.12 bits per heavy atom. The Kier molecular flexibility index (Phi) is 6.42. The zero-order valence-electron chi connectivity index (χ0n) is 27.0. The molecule has 9 aromatic rings. The molecule has 6 aromatic carbocycles. The largest absolute Gasteiger partial charge is 0.307 e. The summed E-state index contributed by atoms with van der Waals surface area (Å²) in [5, 5.41) is 2.16. The summed E-state index contributed by atoms with van der Waals surface area (Å²) in [5.74, 6) is 1.46. The molecule has 3 aromatic heterocycles. The Hall–Kier alpha value is -6.85. The highest BCUT2D eigenvalue weighted by atomic mass is 15.2. The van der Waals surface area contributed by atoms with Gasteiger partial charge in [-0.1, -0.05) is 133 Å². The Balaban J connectivity index is 1.39. The molecule has 4 heterocycles. The van der Waals surface area contributed by atoms with Crippen LogP contribution in [-0.4, -0.2) is 19.5 Å². The van der Waals surface area contributed by atoms with Crippen LogP contribution in [0.2, 0.25) is 0 Å². The van der Waals surface area contributed by atoms with Gasteiger partial charge in [-0.3, -0.25) is 9.55 Å². The van der Waals surface area contributed by atoms with Crippen LogP contribution in [0.3, 0.4) is 0 Å². The van der Waals surface area contributed by atoms with Gasteiger partial charge in [0, 0.05) is 57.2 Å². The van der Waals surface area contributed by atoms with Crippen molar-refractivity contribution in [1.82, 2.24) is 19.5 Å². The van der Waals surface area contributed by atoms with Crippen molar-refractivity contribution in [2.75, 3.05) is 4.90 Å². The van der Waals surface area contributed by atoms with E-state index in [9.17, 15) is 0 Å². The van der Waals surface area contributed by atoms with Crippen molar-refractivity contribution in [1.29, 1.82) is 0 Å². The van der Waals surface area contributed by atoms with Gasteiger partial charge in [-0.2, -0.15) is 0 Å². The second-order valence-electron chi connectivity index (χ2n) is 12.5. The molecule has 0 saturated carbocycles. The zero-order chi connectivity index (χ0) is 33.0. The molecule has 0 atom stereocenters. The van der Waals surface area contributed by atoms with Crippen molar-refractivity contribution in [3.8, 4) is 50.7 Å². The first kappa shape index (κ1) is 28.2. The minimum absolute atomic E-state index is 0.670. The minimum Gasteiger partial charge on any atom is -0.307 e. The first-order valence-electron chi connectivity index (χ1n) is 16.8. The van der Waals surface area contributed by atoms with Gasteiger partial charge in [0.2, 0.25) is 0 Å². The highest BCUT2D eigenvalue weighted by molar-refractivity contribution is 6.19. The fourth-order valence-electron chi connectivity index (χ4n) is 7.45. The van der Waals surface area contributed by atoms with E-state index in [1.54, 1.807) is 0 Å². The van der Waals surface area contributed by atoms with Crippen LogP contribution in [0.4, 0.5) is 17.1 Å². The van der Waals surface area contributed by atoms with Crippen LogP contribution in [0.1, 0.15) is 0 Å². The van der Waals surface area contributed by atoms with E-state index in [4.69, 9.17) is 9.97 Å². The summed E-state index contributed by atoms with van der Waals surface area (Å²) in [7, 11) is 0. The molecule has 1 aliphatic rings. The van der Waals surface area contributed by atoms with E-state index in [1.807, 2.05) is 36.7 Å². The van der Waals surface area contributed by atoms with E-state index in [-0.39, 0.29) is 0 Å². The fourth-order valence-corrected chi connectivity index (χ4v) is 7.45. The lowest BCUT2D eigenvalue weighted by Crippen LogP contribution is -2.13. The summed E-state index contributed by atoms with van der Waals surface area (Å²) >= 11 is 0. The van der Waals surface area contributed by atoms with Gasteiger partial charge >= 0.3 is 0 Å². The monoisotopic (exact) mass is 639 g/mol. The number of benzene rings is 6. The average Bonchev–Trinajstić information content (AvgIpc) is 3.47. The molecule has 0 saturated heterocycles. The lowest BCUT2D eigenvalue weighted by atomic mass is 9.94. The van der Waals surface area contributed by atoms with Crippen LogP contribution in [0.15, 0.2) is 176 Å². The second-order valence-corrected chi connectivity index (χ2v) is 12.5. The molecule has 10 rings (SSSR count). The average molecular weight is 640 g/mol. The van der Waals surface area contributed by atoms with Crippen molar-refractivity contribution in [3.05, 3.63) is 176 Å². The summed E-state index contributed by atoms with van der Waals surface area (Å²) in [4.78, 5) is 17.5. The summed E-state index contributed by atoms with van der Waals surface area (Å²) in [6, 6.07) is 57.5. The third-order valence-corrected chi connectivity index (χ3v) is 9.64. The minimum atomic E-state index is 0.670. The third kappa shape index (κ3) is 4.37. The maximum Gasteiger partial charge on any atom is 0.162 e. The summed E-state index contributed by atoms with van der Waals surface area (Å²) in [5.41, 5.74) is 12.9. The van der Waals surface area contributed by atoms with Crippen LogP contribution < -0.4 is 4.90 Å². The number of hydrogen-bond donors (Lipinski definition) is 0. The molecule has 0 spiro atoms. The number of para-hydroxylation sites is 2. The van der Waals surface area contributed by atoms with Crippen LogP contribution in [0.25, 0.3) is 72.5 Å². The van der Waals surface area contributed by atoms with Crippen molar-refractivity contribution in [2.45, 2.75) is 0 Å². The van der Waals surface area contributed by atoms with Gasteiger partial charge in [-0.15, -0.1) is 0 Å². The van der Waals surface area contributed by atoms with Crippen molar-refractivity contribution in [2.24, 2.45) is 0 Å². The van der Waals surface area contributed by atoms with Gasteiger partial charge in [0.1, 0.15) is 5.82 Å². The van der Waals surface area contributed by atoms with Gasteiger partial charge in [0.05, 0.1) is 28.1 Å². The third-order valence-electron chi connectivity index (χ3n) is 9.64. The molecule has 0 amide bonds. The molecule has 5 nitrogen and oxygen atoms in total. The fraction of sp³-hybridized carbons (Fsp3) is 0. The lowest BCUT2D eigenvalue weighted by Gasteiger charge is -2.28. The Labute approximate surface area is 289 Å². The Morgan fingerprint density at radius 1 is 0.480 bits per heavy atom. The molecule has 0 bridgehead atoms. The van der Waals surface area contributed by atoms with Gasteiger partial charge in [-0.05, 0) is 35.4 Å². The van der Waals surface area contributed by atoms with Gasteiger partial charge in [0.15, 0.2) is 5.82 Å². The molecule has 0 N–H and O–H groups in total. The highest BCUT2D eigenvalue weighted by Gasteiger charge is 2.30. The number of rotatable bonds is 4. The maximum absolute atomic E-state index is 5.34. The molecule has 1 aliphatic heterocycles. The number of anilines is 3. The number of nitrogens with zero attached hydrogens (tertiary/aromatic N) is 5. The highest BCUT2D eigenvalue weighted by Crippen LogP contribution is 2.54. The van der Waals surface area contributed by atoms with Gasteiger partial charge in [0.25, 0.3) is 0 Å². The SMILES string of the molecule is c1ccc(-c2cc(-n3c4ccncc4c4ccc5c(c43)N(c3ccccc3)c3ccccc3-c3ccccc3-5)nc(-c3ccccc3)n2)cc1. The van der Waals surface area contributed by atoms with Crippen molar-refractivity contribution >= 4 is 38.9 Å². The first-order chi connectivity index (χ1) is 24.8. The van der Waals surface area contributed by atoms with E-state index in [0.29, 0.717) is 5.82 Å². The molecule has 0 unspecified atom stereocenters. The molecule has 0 aliphatic carbocycles. The molecule has 5 heteroatoms. The van der Waals surface area contributed by atoms with Crippen molar-refractivity contribution < 1.29 is 0 Å². The topological polar surface area (TPSA) is 46.8 Å². The lowest BCUT2D eigenvalue weighted by molar-refractivity contribution is 1.04. The standard InChI is InChI=1S/C45H29N5/c1-4-14-30(15-5-1)39-28-42(48-45(47-39)31-16-6-2-7-17-31)50-41-26-27-46-29-38(41)37-25-24-36-34-21-11-10-20-33(34)35-22-12-13-23-40(35)49(43(36)44(37)50)32-18-8-3-9-19-32/h1-29H. The van der Waals surface area contributed by atoms with E-state index >= 15 is 0 Å². The normalized spacial score (nSPS) is 12.0. The summed E-state index contributed by atoms with van der Waals surface area (Å²) in [6.07, 6.45) is 3.84. The molecule has 234 valence electrons. The number of hydrogen-bond acceptors (Lipinski definition) is 4. The van der Waals surface area contributed by atoms with Gasteiger partial charge in [-0.25, -0.2) is 9.97 Å². The van der Waals surface area contributed by atoms with Crippen LogP contribution >= 0.6 is 0 Å². The van der Waals surface area contributed by atoms with E-state index in [0.717, 1.165) is 67.1 Å². The van der Waals surface area contributed by atoms with E-state index in [1.165, 1.54) is 16.7 Å². The maximum atomic E-state index is 5.34. The number of aromatic nitrogens is 4. The van der Waals surface area contributed by atoms with Crippen LogP contribution in [0, 0.1) is 0 Å². The first-order valence-corrected chi connectivity index (χ1v) is 16.8. The summed E-state index contributed by atoms with van der Waals surface area (Å²) < 4.78 is 2.32. The van der Waals surface area contributed by atoms with E-state index in [2.05, 4.69) is 154 Å². The quantitative estimate of drug-likeness (QED) is 0.192. The molecule has 50 heavy (non-hydrogen) atoms. The van der Waals surface area contributed by atoms with Crippen LogP contribution in [0.5, 0.6) is 0 Å². The Bertz CT molecular complexity index is 2640. The molecular formula is C45H29N5. The number of pyridine rings is 1. The Morgan fingerprint density at radius 3 is 1.88 bits per heavy atom. The summed E-state index contributed by atoms with van der Waals surface area (Å²) in [6.45, 7) is 0. The predicted octanol–water partition coefficient (Wildman–Crippen LogP) is 11.4. The van der Waals surface area contributed by atoms with Crippen LogP contribution in [-0.2, 0) is 0 Å². The second kappa shape index (κ2) is 11.4. The van der Waals surface area contributed by atoms with Gasteiger partial charge < -0.3 is 4.90 Å². The zero-order valence-corrected chi connectivity index (χ0v) is 27.0. The van der Waals surface area contributed by atoms with Crippen molar-refractivity contribution in [3.63, 3.8) is 0 Å². The predicted molar refractivity (Wildman–Crippen MR) is 204 cm³/mol.